The molecule has 0 saturated heterocycles. The maximum atomic E-state index is 5.30. The van der Waals surface area contributed by atoms with Crippen molar-refractivity contribution >= 4 is 21.6 Å². The first-order valence-electron chi connectivity index (χ1n) is 6.76. The van der Waals surface area contributed by atoms with Gasteiger partial charge in [0.15, 0.2) is 0 Å². The van der Waals surface area contributed by atoms with E-state index in [1.165, 1.54) is 11.3 Å². The number of nitrogens with zero attached hydrogens (tertiary/aromatic N) is 1. The van der Waals surface area contributed by atoms with Crippen LogP contribution in [-0.4, -0.2) is 12.1 Å². The normalized spacial score (nSPS) is 17.0. The van der Waals surface area contributed by atoms with Crippen molar-refractivity contribution in [3.05, 3.63) is 57.8 Å². The summed E-state index contributed by atoms with van der Waals surface area (Å²) in [5, 5.41) is 3.62. The number of pyridine rings is 1. The fraction of sp³-hybridized carbons (Fsp3) is 0.312. The molecule has 20 heavy (non-hydrogen) atoms. The third kappa shape index (κ3) is 2.58. The van der Waals surface area contributed by atoms with Crippen LogP contribution in [0.1, 0.15) is 29.3 Å². The van der Waals surface area contributed by atoms with Crippen LogP contribution < -0.4 is 5.32 Å². The van der Waals surface area contributed by atoms with Crippen LogP contribution in [0, 0.1) is 0 Å². The molecule has 0 spiro atoms. The first-order valence-corrected chi connectivity index (χ1v) is 7.55. The van der Waals surface area contributed by atoms with Gasteiger partial charge in [-0.3, -0.25) is 4.98 Å². The zero-order chi connectivity index (χ0) is 13.9. The van der Waals surface area contributed by atoms with E-state index >= 15 is 0 Å². The molecular weight excluding hydrogens is 316 g/mol. The van der Waals surface area contributed by atoms with Crippen molar-refractivity contribution in [3.63, 3.8) is 0 Å². The van der Waals surface area contributed by atoms with Crippen molar-refractivity contribution in [2.45, 2.75) is 25.5 Å². The summed E-state index contributed by atoms with van der Waals surface area (Å²) in [7, 11) is 1.72. The summed E-state index contributed by atoms with van der Waals surface area (Å²) in [6.07, 6.45) is 4.05. The van der Waals surface area contributed by atoms with E-state index in [2.05, 4.69) is 38.4 Å². The van der Waals surface area contributed by atoms with Crippen molar-refractivity contribution in [2.75, 3.05) is 12.4 Å². The molecule has 0 bridgehead atoms. The van der Waals surface area contributed by atoms with E-state index in [4.69, 9.17) is 4.74 Å². The van der Waals surface area contributed by atoms with Gasteiger partial charge in [-0.2, -0.15) is 0 Å². The lowest BCUT2D eigenvalue weighted by Gasteiger charge is -2.18. The molecule has 0 aliphatic heterocycles. The first kappa shape index (κ1) is 13.6. The molecule has 0 fully saturated rings. The maximum absolute atomic E-state index is 5.30. The number of methoxy groups -OCH3 is 1. The van der Waals surface area contributed by atoms with Gasteiger partial charge in [-0.1, -0.05) is 28.1 Å². The highest BCUT2D eigenvalue weighted by atomic mass is 79.9. The van der Waals surface area contributed by atoms with E-state index in [0.29, 0.717) is 6.61 Å². The SMILES string of the molecule is COCc1c(Br)cccc1NC1CCc2cccnc21. The van der Waals surface area contributed by atoms with Crippen LogP contribution in [0.15, 0.2) is 41.0 Å². The van der Waals surface area contributed by atoms with Crippen LogP contribution in [0.4, 0.5) is 5.69 Å². The predicted molar refractivity (Wildman–Crippen MR) is 83.8 cm³/mol. The zero-order valence-electron chi connectivity index (χ0n) is 11.4. The minimum Gasteiger partial charge on any atom is -0.380 e. The lowest BCUT2D eigenvalue weighted by molar-refractivity contribution is 0.185. The van der Waals surface area contributed by atoms with Gasteiger partial charge in [-0.25, -0.2) is 0 Å². The van der Waals surface area contributed by atoms with Gasteiger partial charge in [0.25, 0.3) is 0 Å². The number of rotatable bonds is 4. The number of fused-ring (bicyclic) bond motifs is 1. The number of ether oxygens (including phenoxy) is 1. The Hall–Kier alpha value is -1.39. The number of aryl methyl sites for hydroxylation is 1. The highest BCUT2D eigenvalue weighted by Gasteiger charge is 2.24. The average molecular weight is 333 g/mol. The highest BCUT2D eigenvalue weighted by molar-refractivity contribution is 9.10. The second kappa shape index (κ2) is 5.94. The minimum absolute atomic E-state index is 0.288. The first-order chi connectivity index (χ1) is 9.79. The van der Waals surface area contributed by atoms with Gasteiger partial charge in [0.05, 0.1) is 18.3 Å². The Labute approximate surface area is 127 Å². The zero-order valence-corrected chi connectivity index (χ0v) is 13.0. The summed E-state index contributed by atoms with van der Waals surface area (Å²) >= 11 is 3.59. The molecule has 1 aromatic heterocycles. The van der Waals surface area contributed by atoms with Crippen LogP contribution in [0.5, 0.6) is 0 Å². The lowest BCUT2D eigenvalue weighted by Crippen LogP contribution is -2.10. The fourth-order valence-electron chi connectivity index (χ4n) is 2.73. The third-order valence-corrected chi connectivity index (χ3v) is 4.44. The molecule has 1 N–H and O–H groups in total. The summed E-state index contributed by atoms with van der Waals surface area (Å²) in [4.78, 5) is 4.53. The van der Waals surface area contributed by atoms with Crippen LogP contribution >= 0.6 is 15.9 Å². The molecular formula is C16H17BrN2O. The molecule has 1 aliphatic rings. The van der Waals surface area contributed by atoms with E-state index < -0.39 is 0 Å². The van der Waals surface area contributed by atoms with Crippen molar-refractivity contribution in [3.8, 4) is 0 Å². The van der Waals surface area contributed by atoms with Crippen molar-refractivity contribution in [1.29, 1.82) is 0 Å². The van der Waals surface area contributed by atoms with Gasteiger partial charge in [0, 0.05) is 29.0 Å². The van der Waals surface area contributed by atoms with Crippen molar-refractivity contribution in [2.24, 2.45) is 0 Å². The van der Waals surface area contributed by atoms with Crippen LogP contribution in [0.25, 0.3) is 0 Å². The van der Waals surface area contributed by atoms with Crippen LogP contribution in [-0.2, 0) is 17.8 Å². The summed E-state index contributed by atoms with van der Waals surface area (Å²) in [5.74, 6) is 0. The largest absolute Gasteiger partial charge is 0.380 e. The van der Waals surface area contributed by atoms with Gasteiger partial charge in [-0.15, -0.1) is 0 Å². The van der Waals surface area contributed by atoms with Crippen molar-refractivity contribution in [1.82, 2.24) is 4.98 Å². The number of hydrogen-bond donors (Lipinski definition) is 1. The third-order valence-electron chi connectivity index (χ3n) is 3.70. The summed E-state index contributed by atoms with van der Waals surface area (Å²) < 4.78 is 6.37. The van der Waals surface area contributed by atoms with E-state index in [0.717, 1.165) is 28.6 Å². The number of halogens is 1. The number of aromatic nitrogens is 1. The number of benzene rings is 1. The molecule has 1 aliphatic carbocycles. The number of anilines is 1. The predicted octanol–water partition coefficient (Wildman–Crippen LogP) is 4.09. The van der Waals surface area contributed by atoms with Gasteiger partial charge in [0.2, 0.25) is 0 Å². The van der Waals surface area contributed by atoms with Gasteiger partial charge >= 0.3 is 0 Å². The Morgan fingerprint density at radius 1 is 1.35 bits per heavy atom. The Bertz CT molecular complexity index is 615. The molecule has 1 atom stereocenters. The molecule has 0 amide bonds. The lowest BCUT2D eigenvalue weighted by atomic mass is 10.1. The van der Waals surface area contributed by atoms with Gasteiger partial charge in [-0.05, 0) is 36.6 Å². The van der Waals surface area contributed by atoms with E-state index in [9.17, 15) is 0 Å². The summed E-state index contributed by atoms with van der Waals surface area (Å²) in [6.45, 7) is 0.589. The molecule has 0 saturated carbocycles. The van der Waals surface area contributed by atoms with E-state index in [1.54, 1.807) is 7.11 Å². The topological polar surface area (TPSA) is 34.1 Å². The summed E-state index contributed by atoms with van der Waals surface area (Å²) in [6, 6.07) is 10.6. The molecule has 2 aromatic rings. The second-order valence-corrected chi connectivity index (χ2v) is 5.84. The van der Waals surface area contributed by atoms with Gasteiger partial charge < -0.3 is 10.1 Å². The highest BCUT2D eigenvalue weighted by Crippen LogP contribution is 2.34. The fourth-order valence-corrected chi connectivity index (χ4v) is 3.21. The smallest absolute Gasteiger partial charge is 0.0744 e. The monoisotopic (exact) mass is 332 g/mol. The molecule has 1 heterocycles. The Morgan fingerprint density at radius 2 is 2.25 bits per heavy atom. The Balaban J connectivity index is 1.88. The minimum atomic E-state index is 0.288. The summed E-state index contributed by atoms with van der Waals surface area (Å²) in [5.41, 5.74) is 4.80. The molecule has 3 nitrogen and oxygen atoms in total. The van der Waals surface area contributed by atoms with E-state index in [1.807, 2.05) is 24.4 Å². The van der Waals surface area contributed by atoms with E-state index in [-0.39, 0.29) is 6.04 Å². The van der Waals surface area contributed by atoms with Crippen molar-refractivity contribution < 1.29 is 4.74 Å². The second-order valence-electron chi connectivity index (χ2n) is 4.98. The Morgan fingerprint density at radius 3 is 3.10 bits per heavy atom. The molecule has 1 unspecified atom stereocenters. The Kier molecular flexibility index (Phi) is 4.03. The molecule has 1 aromatic carbocycles. The van der Waals surface area contributed by atoms with Gasteiger partial charge in [0.1, 0.15) is 0 Å². The molecule has 0 radical (unpaired) electrons. The maximum Gasteiger partial charge on any atom is 0.0744 e. The standard InChI is InChI=1S/C16H17BrN2O/c1-20-10-12-13(17)5-2-6-14(12)19-15-8-7-11-4-3-9-18-16(11)15/h2-6,9,15,19H,7-8,10H2,1H3. The average Bonchev–Trinajstić information content (AvgIpc) is 2.86. The molecule has 4 heteroatoms. The van der Waals surface area contributed by atoms with Crippen LogP contribution in [0.3, 0.4) is 0 Å². The number of nitrogens with one attached hydrogen (secondary N) is 1. The quantitative estimate of drug-likeness (QED) is 0.915. The molecule has 3 rings (SSSR count). The molecule has 104 valence electrons. The van der Waals surface area contributed by atoms with Crippen LogP contribution in [0.2, 0.25) is 0 Å². The number of hydrogen-bond acceptors (Lipinski definition) is 3.